The van der Waals surface area contributed by atoms with Crippen molar-refractivity contribution in [3.05, 3.63) is 57.7 Å². The molecule has 3 heterocycles. The summed E-state index contributed by atoms with van der Waals surface area (Å²) in [6, 6.07) is 3.61. The van der Waals surface area contributed by atoms with Crippen LogP contribution in [0.5, 0.6) is 0 Å². The SMILES string of the molecule is O=c1[nH]c(C2=C[C@H](N3CCN(c4ccc(F)cn4)CC3)CC2)nc2c1CC1(CC2)CC1. The smallest absolute Gasteiger partial charge is 0.254 e. The van der Waals surface area contributed by atoms with E-state index in [1.807, 2.05) is 0 Å². The fourth-order valence-electron chi connectivity index (χ4n) is 5.56. The number of fused-ring (bicyclic) bond motifs is 1. The fraction of sp³-hybridized carbons (Fsp3) is 0.542. The number of aromatic amines is 1. The van der Waals surface area contributed by atoms with Crippen LogP contribution in [0.4, 0.5) is 10.2 Å². The number of nitrogens with one attached hydrogen (secondary N) is 1. The summed E-state index contributed by atoms with van der Waals surface area (Å²) >= 11 is 0. The lowest BCUT2D eigenvalue weighted by atomic mass is 9.84. The molecule has 2 aromatic rings. The standard InChI is InChI=1S/C24H28FN5O/c25-17-2-4-21(26-15-17)30-11-9-29(10-12-30)18-3-1-16(13-18)22-27-20-5-6-24(7-8-24)14-19(20)23(31)28-22/h2,4,13,15,18H,1,3,5-12,14H2,(H,27,28,31)/t18-/m1/s1. The van der Waals surface area contributed by atoms with Gasteiger partial charge in [0.25, 0.3) is 5.56 Å². The summed E-state index contributed by atoms with van der Waals surface area (Å²) in [4.78, 5) is 29.7. The number of H-pyrrole nitrogens is 1. The number of rotatable bonds is 3. The molecule has 7 heteroatoms. The van der Waals surface area contributed by atoms with E-state index in [1.165, 1.54) is 37.1 Å². The van der Waals surface area contributed by atoms with Gasteiger partial charge in [-0.05, 0) is 68.1 Å². The second-order valence-electron chi connectivity index (χ2n) is 9.67. The lowest BCUT2D eigenvalue weighted by molar-refractivity contribution is 0.214. The Morgan fingerprint density at radius 2 is 1.94 bits per heavy atom. The maximum absolute atomic E-state index is 13.1. The van der Waals surface area contributed by atoms with Crippen LogP contribution in [-0.2, 0) is 12.8 Å². The highest BCUT2D eigenvalue weighted by Crippen LogP contribution is 2.53. The Kier molecular flexibility index (Phi) is 4.49. The van der Waals surface area contributed by atoms with Crippen LogP contribution in [0.25, 0.3) is 5.57 Å². The first kappa shape index (κ1) is 19.2. The highest BCUT2D eigenvalue weighted by Gasteiger charge is 2.45. The molecule has 1 saturated heterocycles. The van der Waals surface area contributed by atoms with Gasteiger partial charge in [0, 0.05) is 37.8 Å². The van der Waals surface area contributed by atoms with Gasteiger partial charge in [0.1, 0.15) is 17.5 Å². The number of allylic oxidation sites excluding steroid dienone is 1. The topological polar surface area (TPSA) is 65.1 Å². The molecule has 0 unspecified atom stereocenters. The average molecular weight is 422 g/mol. The number of aryl methyl sites for hydroxylation is 1. The Bertz CT molecular complexity index is 1080. The van der Waals surface area contributed by atoms with Crippen molar-refractivity contribution in [1.29, 1.82) is 0 Å². The third kappa shape index (κ3) is 3.59. The molecule has 1 saturated carbocycles. The Balaban J connectivity index is 1.14. The molecule has 1 atom stereocenters. The molecule has 0 amide bonds. The Morgan fingerprint density at radius 1 is 1.10 bits per heavy atom. The van der Waals surface area contributed by atoms with Crippen LogP contribution < -0.4 is 10.5 Å². The fourth-order valence-corrected chi connectivity index (χ4v) is 5.56. The van der Waals surface area contributed by atoms with Gasteiger partial charge in [0.2, 0.25) is 0 Å². The number of piperazine rings is 1. The van der Waals surface area contributed by atoms with E-state index in [0.717, 1.165) is 74.8 Å². The molecule has 1 N–H and O–H groups in total. The first-order valence-electron chi connectivity index (χ1n) is 11.5. The van der Waals surface area contributed by atoms with Crippen LogP contribution >= 0.6 is 0 Å². The maximum Gasteiger partial charge on any atom is 0.254 e. The maximum atomic E-state index is 13.1. The number of hydrogen-bond acceptors (Lipinski definition) is 5. The lowest BCUT2D eigenvalue weighted by Gasteiger charge is -2.38. The van der Waals surface area contributed by atoms with Crippen LogP contribution in [-0.4, -0.2) is 52.1 Å². The molecular formula is C24H28FN5O. The zero-order valence-corrected chi connectivity index (χ0v) is 17.7. The van der Waals surface area contributed by atoms with Gasteiger partial charge in [-0.25, -0.2) is 14.4 Å². The Labute approximate surface area is 181 Å². The molecule has 31 heavy (non-hydrogen) atoms. The summed E-state index contributed by atoms with van der Waals surface area (Å²) in [5, 5.41) is 0. The molecule has 4 aliphatic rings. The predicted octanol–water partition coefficient (Wildman–Crippen LogP) is 2.94. The van der Waals surface area contributed by atoms with Crippen molar-refractivity contribution < 1.29 is 4.39 Å². The van der Waals surface area contributed by atoms with E-state index >= 15 is 0 Å². The average Bonchev–Trinajstić information content (AvgIpc) is 3.35. The van der Waals surface area contributed by atoms with Crippen molar-refractivity contribution >= 4 is 11.4 Å². The third-order valence-electron chi connectivity index (χ3n) is 7.73. The summed E-state index contributed by atoms with van der Waals surface area (Å²) in [5.74, 6) is 1.33. The number of halogens is 1. The summed E-state index contributed by atoms with van der Waals surface area (Å²) in [7, 11) is 0. The molecule has 6 nitrogen and oxygen atoms in total. The summed E-state index contributed by atoms with van der Waals surface area (Å²) in [6.45, 7) is 3.66. The van der Waals surface area contributed by atoms with Gasteiger partial charge in [0.05, 0.1) is 11.9 Å². The Hall–Kier alpha value is -2.54. The van der Waals surface area contributed by atoms with E-state index in [9.17, 15) is 9.18 Å². The monoisotopic (exact) mass is 421 g/mol. The van der Waals surface area contributed by atoms with Crippen molar-refractivity contribution in [2.75, 3.05) is 31.1 Å². The second kappa shape index (κ2) is 7.26. The van der Waals surface area contributed by atoms with Crippen molar-refractivity contribution in [1.82, 2.24) is 19.9 Å². The van der Waals surface area contributed by atoms with E-state index in [-0.39, 0.29) is 11.4 Å². The van der Waals surface area contributed by atoms with Crippen molar-refractivity contribution in [2.24, 2.45) is 5.41 Å². The van der Waals surface area contributed by atoms with E-state index in [0.29, 0.717) is 11.5 Å². The lowest BCUT2D eigenvalue weighted by Crippen LogP contribution is -2.49. The minimum Gasteiger partial charge on any atom is -0.354 e. The molecule has 6 rings (SSSR count). The predicted molar refractivity (Wildman–Crippen MR) is 118 cm³/mol. The van der Waals surface area contributed by atoms with E-state index in [4.69, 9.17) is 4.98 Å². The van der Waals surface area contributed by atoms with Crippen molar-refractivity contribution in [3.8, 4) is 0 Å². The van der Waals surface area contributed by atoms with Gasteiger partial charge < -0.3 is 9.88 Å². The van der Waals surface area contributed by atoms with E-state index < -0.39 is 0 Å². The van der Waals surface area contributed by atoms with Gasteiger partial charge in [-0.15, -0.1) is 0 Å². The zero-order valence-electron chi connectivity index (χ0n) is 17.7. The molecule has 3 aliphatic carbocycles. The quantitative estimate of drug-likeness (QED) is 0.826. The first-order chi connectivity index (χ1) is 15.1. The highest BCUT2D eigenvalue weighted by atomic mass is 19.1. The minimum atomic E-state index is -0.299. The third-order valence-corrected chi connectivity index (χ3v) is 7.73. The van der Waals surface area contributed by atoms with Crippen molar-refractivity contribution in [2.45, 2.75) is 51.0 Å². The molecule has 0 aromatic carbocycles. The number of anilines is 1. The summed E-state index contributed by atoms with van der Waals surface area (Å²) < 4.78 is 13.1. The number of aromatic nitrogens is 3. The molecular weight excluding hydrogens is 393 g/mol. The molecule has 0 bridgehead atoms. The molecule has 162 valence electrons. The molecule has 2 aromatic heterocycles. The molecule has 1 spiro atoms. The largest absolute Gasteiger partial charge is 0.354 e. The summed E-state index contributed by atoms with van der Waals surface area (Å²) in [6.07, 6.45) is 11.2. The normalized spacial score (nSPS) is 24.9. The van der Waals surface area contributed by atoms with Crippen LogP contribution in [0, 0.1) is 11.2 Å². The number of hydrogen-bond donors (Lipinski definition) is 1. The number of nitrogens with zero attached hydrogens (tertiary/aromatic N) is 4. The van der Waals surface area contributed by atoms with Crippen LogP contribution in [0.2, 0.25) is 0 Å². The van der Waals surface area contributed by atoms with Crippen LogP contribution in [0.3, 0.4) is 0 Å². The number of pyridine rings is 1. The second-order valence-corrected chi connectivity index (χ2v) is 9.67. The van der Waals surface area contributed by atoms with Crippen molar-refractivity contribution in [3.63, 3.8) is 0 Å². The molecule has 0 radical (unpaired) electrons. The van der Waals surface area contributed by atoms with Gasteiger partial charge in [-0.2, -0.15) is 0 Å². The van der Waals surface area contributed by atoms with E-state index in [2.05, 4.69) is 25.8 Å². The molecule has 1 aliphatic heterocycles. The van der Waals surface area contributed by atoms with Gasteiger partial charge in [-0.1, -0.05) is 6.08 Å². The van der Waals surface area contributed by atoms with Gasteiger partial charge in [-0.3, -0.25) is 9.69 Å². The van der Waals surface area contributed by atoms with Gasteiger partial charge in [0.15, 0.2) is 0 Å². The first-order valence-corrected chi connectivity index (χ1v) is 11.5. The van der Waals surface area contributed by atoms with Crippen LogP contribution in [0.15, 0.2) is 29.2 Å². The zero-order chi connectivity index (χ0) is 21.0. The highest BCUT2D eigenvalue weighted by molar-refractivity contribution is 5.63. The van der Waals surface area contributed by atoms with Crippen LogP contribution in [0.1, 0.15) is 49.2 Å². The van der Waals surface area contributed by atoms with E-state index in [1.54, 1.807) is 6.07 Å². The molecule has 2 fully saturated rings. The van der Waals surface area contributed by atoms with Gasteiger partial charge >= 0.3 is 0 Å². The Morgan fingerprint density at radius 3 is 2.68 bits per heavy atom. The minimum absolute atomic E-state index is 0.0794. The summed E-state index contributed by atoms with van der Waals surface area (Å²) in [5.41, 5.74) is 3.65.